The maximum Gasteiger partial charge on any atom is 0.342 e. The molecule has 0 unspecified atom stereocenters. The van der Waals surface area contributed by atoms with Crippen molar-refractivity contribution in [2.75, 3.05) is 7.11 Å². The summed E-state index contributed by atoms with van der Waals surface area (Å²) < 4.78 is 23.6. The Hall–Kier alpha value is -4.13. The Morgan fingerprint density at radius 3 is 2.56 bits per heavy atom. The summed E-state index contributed by atoms with van der Waals surface area (Å²) in [6, 6.07) is 15.1. The Bertz CT molecular complexity index is 1400. The maximum absolute atomic E-state index is 13.6. The molecule has 202 valence electrons. The zero-order valence-corrected chi connectivity index (χ0v) is 22.2. The van der Waals surface area contributed by atoms with E-state index in [1.165, 1.54) is 7.11 Å². The molecule has 2 atom stereocenters. The molecule has 3 aromatic rings. The number of fused-ring (bicyclic) bond motifs is 2. The van der Waals surface area contributed by atoms with E-state index < -0.39 is 17.9 Å². The summed E-state index contributed by atoms with van der Waals surface area (Å²) >= 11 is 0. The Morgan fingerprint density at radius 2 is 1.77 bits per heavy atom. The molecule has 2 aliphatic rings. The number of rotatable bonds is 3. The average Bonchev–Trinajstić information content (AvgIpc) is 3.42. The lowest BCUT2D eigenvalue weighted by atomic mass is 9.86. The van der Waals surface area contributed by atoms with E-state index in [9.17, 15) is 14.4 Å². The first-order valence-electron chi connectivity index (χ1n) is 13.4. The van der Waals surface area contributed by atoms with E-state index in [4.69, 9.17) is 18.6 Å². The molecule has 7 nitrogen and oxygen atoms in total. The molecule has 0 saturated heterocycles. The van der Waals surface area contributed by atoms with Gasteiger partial charge in [0.1, 0.15) is 34.4 Å². The van der Waals surface area contributed by atoms with Gasteiger partial charge < -0.3 is 18.6 Å². The molecule has 39 heavy (non-hydrogen) atoms. The van der Waals surface area contributed by atoms with E-state index in [0.717, 1.165) is 12.0 Å². The van der Waals surface area contributed by atoms with Crippen LogP contribution in [-0.2, 0) is 14.3 Å². The van der Waals surface area contributed by atoms with E-state index in [2.05, 4.69) is 0 Å². The van der Waals surface area contributed by atoms with Crippen molar-refractivity contribution >= 4 is 23.8 Å². The van der Waals surface area contributed by atoms with E-state index in [1.807, 2.05) is 55.5 Å². The van der Waals surface area contributed by atoms with Gasteiger partial charge in [-0.15, -0.1) is 0 Å². The van der Waals surface area contributed by atoms with Crippen molar-refractivity contribution in [2.45, 2.75) is 63.9 Å². The number of Topliss-reactive ketones (excluding diaryl/α,β-unsaturated/α-hetero) is 1. The van der Waals surface area contributed by atoms with Crippen molar-refractivity contribution in [1.82, 2.24) is 0 Å². The van der Waals surface area contributed by atoms with Crippen molar-refractivity contribution in [3.05, 3.63) is 77.1 Å². The Morgan fingerprint density at radius 1 is 0.974 bits per heavy atom. The molecular formula is C32H32O7. The van der Waals surface area contributed by atoms with Crippen LogP contribution in [0.15, 0.2) is 59.0 Å². The summed E-state index contributed by atoms with van der Waals surface area (Å²) in [5.41, 5.74) is 2.31. The Labute approximate surface area is 227 Å². The number of methoxy groups -OCH3 is 1. The van der Waals surface area contributed by atoms with E-state index in [-0.39, 0.29) is 23.9 Å². The predicted molar refractivity (Wildman–Crippen MR) is 146 cm³/mol. The fraction of sp³-hybridized carbons (Fsp3) is 0.344. The summed E-state index contributed by atoms with van der Waals surface area (Å²) in [5.74, 6) is 0.685. The molecule has 0 N–H and O–H groups in total. The lowest BCUT2D eigenvalue weighted by Crippen LogP contribution is -2.24. The van der Waals surface area contributed by atoms with E-state index in [0.29, 0.717) is 66.3 Å². The Kier molecular flexibility index (Phi) is 7.96. The standard InChI is InChI=1S/C32H32O7/c1-20-10-9-15-23(33)14-8-4-7-13-22-18-27-30(31(36-2)29(22)32(35)37-20)24(19-28(34)39-27)26-17-16-25(38-26)21-11-5-3-6-12-21/h3,5-7,11-13,16-18,20,24H,4,8-10,14-15,19H2,1-2H3/t20-,24+/m0/s1. The molecule has 2 aromatic carbocycles. The molecule has 0 bridgehead atoms. The van der Waals surface area contributed by atoms with Gasteiger partial charge in [0.05, 0.1) is 25.6 Å². The summed E-state index contributed by atoms with van der Waals surface area (Å²) in [6.45, 7) is 1.83. The van der Waals surface area contributed by atoms with Crippen molar-refractivity contribution < 1.29 is 33.0 Å². The zero-order chi connectivity index (χ0) is 27.4. The van der Waals surface area contributed by atoms with Crippen LogP contribution in [0.3, 0.4) is 0 Å². The second-order valence-electron chi connectivity index (χ2n) is 10.0. The lowest BCUT2D eigenvalue weighted by molar-refractivity contribution is -0.135. The normalized spacial score (nSPS) is 20.3. The molecule has 5 rings (SSSR count). The molecule has 0 amide bonds. The third kappa shape index (κ3) is 5.82. The lowest BCUT2D eigenvalue weighted by Gasteiger charge is -2.27. The van der Waals surface area contributed by atoms with Gasteiger partial charge in [-0.2, -0.15) is 0 Å². The largest absolute Gasteiger partial charge is 0.495 e. The van der Waals surface area contributed by atoms with Gasteiger partial charge in [0.2, 0.25) is 0 Å². The van der Waals surface area contributed by atoms with Crippen molar-refractivity contribution in [1.29, 1.82) is 0 Å². The van der Waals surface area contributed by atoms with Crippen LogP contribution < -0.4 is 9.47 Å². The monoisotopic (exact) mass is 528 g/mol. The van der Waals surface area contributed by atoms with Gasteiger partial charge in [0.25, 0.3) is 0 Å². The number of hydrogen-bond acceptors (Lipinski definition) is 7. The van der Waals surface area contributed by atoms with Gasteiger partial charge in [-0.05, 0) is 56.4 Å². The first kappa shape index (κ1) is 26.5. The smallest absolute Gasteiger partial charge is 0.342 e. The number of benzene rings is 2. The summed E-state index contributed by atoms with van der Waals surface area (Å²) in [4.78, 5) is 38.4. The topological polar surface area (TPSA) is 92.0 Å². The molecule has 0 spiro atoms. The number of carbonyl (C=O) groups excluding carboxylic acids is 3. The SMILES string of the molecule is COc1c2c(cc3c1[C@@H](c1ccc(-c4ccccc4)o1)CC(=O)O3)C=CCCCC(=O)CCC[C@H](C)OC2=O. The molecule has 3 heterocycles. The molecule has 0 saturated carbocycles. The third-order valence-corrected chi connectivity index (χ3v) is 7.19. The summed E-state index contributed by atoms with van der Waals surface area (Å²) in [5, 5.41) is 0. The van der Waals surface area contributed by atoms with Crippen molar-refractivity contribution in [3.8, 4) is 22.8 Å². The zero-order valence-electron chi connectivity index (χ0n) is 22.2. The van der Waals surface area contributed by atoms with Crippen LogP contribution in [-0.4, -0.2) is 30.9 Å². The predicted octanol–water partition coefficient (Wildman–Crippen LogP) is 6.88. The minimum Gasteiger partial charge on any atom is -0.495 e. The van der Waals surface area contributed by atoms with Gasteiger partial charge >= 0.3 is 11.9 Å². The van der Waals surface area contributed by atoms with Crippen LogP contribution in [0.5, 0.6) is 11.5 Å². The fourth-order valence-corrected chi connectivity index (χ4v) is 5.25. The number of furan rings is 1. The van der Waals surface area contributed by atoms with Crippen molar-refractivity contribution in [3.63, 3.8) is 0 Å². The molecular weight excluding hydrogens is 496 g/mol. The van der Waals surface area contributed by atoms with E-state index >= 15 is 0 Å². The Balaban J connectivity index is 1.60. The number of esters is 2. The van der Waals surface area contributed by atoms with Crippen LogP contribution in [0.2, 0.25) is 0 Å². The molecule has 7 heteroatoms. The number of ketones is 1. The molecule has 0 radical (unpaired) electrons. The third-order valence-electron chi connectivity index (χ3n) is 7.19. The molecule has 0 fully saturated rings. The first-order chi connectivity index (χ1) is 18.9. The average molecular weight is 529 g/mol. The van der Waals surface area contributed by atoms with Gasteiger partial charge in [-0.1, -0.05) is 42.5 Å². The first-order valence-corrected chi connectivity index (χ1v) is 13.4. The molecule has 1 aromatic heterocycles. The highest BCUT2D eigenvalue weighted by Gasteiger charge is 2.37. The van der Waals surface area contributed by atoms with Crippen LogP contribution in [0.4, 0.5) is 0 Å². The number of hydrogen-bond donors (Lipinski definition) is 0. The maximum atomic E-state index is 13.6. The van der Waals surface area contributed by atoms with Crippen LogP contribution in [0.25, 0.3) is 17.4 Å². The summed E-state index contributed by atoms with van der Waals surface area (Å²) in [6.07, 6.45) is 7.05. The highest BCUT2D eigenvalue weighted by Crippen LogP contribution is 2.48. The van der Waals surface area contributed by atoms with Crippen LogP contribution in [0.1, 0.15) is 85.0 Å². The van der Waals surface area contributed by atoms with Gasteiger partial charge in [0, 0.05) is 24.0 Å². The number of carbonyl (C=O) groups is 3. The van der Waals surface area contributed by atoms with E-state index in [1.54, 1.807) is 12.1 Å². The highest BCUT2D eigenvalue weighted by molar-refractivity contribution is 5.99. The number of ether oxygens (including phenoxy) is 3. The van der Waals surface area contributed by atoms with Gasteiger partial charge in [-0.25, -0.2) is 4.79 Å². The number of allylic oxidation sites excluding steroid dienone is 1. The fourth-order valence-electron chi connectivity index (χ4n) is 5.25. The van der Waals surface area contributed by atoms with Crippen molar-refractivity contribution in [2.24, 2.45) is 0 Å². The minimum atomic E-state index is -0.523. The van der Waals surface area contributed by atoms with Gasteiger partial charge in [0.15, 0.2) is 0 Å². The highest BCUT2D eigenvalue weighted by atomic mass is 16.5. The van der Waals surface area contributed by atoms with Crippen LogP contribution in [0, 0.1) is 0 Å². The summed E-state index contributed by atoms with van der Waals surface area (Å²) in [7, 11) is 1.50. The molecule has 2 aliphatic heterocycles. The van der Waals surface area contributed by atoms with Crippen LogP contribution >= 0.6 is 0 Å². The van der Waals surface area contributed by atoms with Gasteiger partial charge in [-0.3, -0.25) is 9.59 Å². The quantitative estimate of drug-likeness (QED) is 0.270. The number of cyclic esters (lactones) is 1. The molecule has 0 aliphatic carbocycles. The minimum absolute atomic E-state index is 0.0409. The second kappa shape index (κ2) is 11.7. The second-order valence-corrected chi connectivity index (χ2v) is 10.0.